The molecule has 1 N–H and O–H groups in total. The zero-order valence-electron chi connectivity index (χ0n) is 11.6. The van der Waals surface area contributed by atoms with Gasteiger partial charge in [0.05, 0.1) is 0 Å². The number of carbonyl (C=O) groups excluding carboxylic acids is 1. The Labute approximate surface area is 110 Å². The van der Waals surface area contributed by atoms with Crippen LogP contribution in [-0.4, -0.2) is 39.1 Å². The monoisotopic (exact) mass is 276 g/mol. The van der Waals surface area contributed by atoms with Gasteiger partial charge in [-0.3, -0.25) is 0 Å². The van der Waals surface area contributed by atoms with E-state index in [-0.39, 0.29) is 6.61 Å². The van der Waals surface area contributed by atoms with E-state index in [2.05, 4.69) is 0 Å². The van der Waals surface area contributed by atoms with Gasteiger partial charge in [-0.05, 0) is 39.8 Å². The second-order valence-corrected chi connectivity index (χ2v) is 7.31. The fourth-order valence-corrected chi connectivity index (χ4v) is 4.08. The fourth-order valence-electron chi connectivity index (χ4n) is 1.58. The third-order valence-electron chi connectivity index (χ3n) is 2.24. The molecule has 0 aliphatic carbocycles. The van der Waals surface area contributed by atoms with Crippen molar-refractivity contribution in [1.29, 1.82) is 0 Å². The van der Waals surface area contributed by atoms with Gasteiger partial charge >= 0.3 is 14.5 Å². The Hall–Kier alpha value is -0.693. The molecule has 106 valence electrons. The molecule has 2 unspecified atom stereocenters. The number of aliphatic hydroxyl groups excluding tert-OH is 1. The fraction of sp³-hybridized carbons (Fsp3) is 0.750. The number of allylic oxidation sites excluding steroid dienone is 1. The van der Waals surface area contributed by atoms with E-state index < -0.39 is 20.8 Å². The van der Waals surface area contributed by atoms with Crippen LogP contribution in [0.5, 0.6) is 0 Å². The number of hydrogen-bond donors (Lipinski definition) is 1. The molecule has 2 atom stereocenters. The van der Waals surface area contributed by atoms with E-state index in [1.165, 1.54) is 6.08 Å². The van der Waals surface area contributed by atoms with Crippen molar-refractivity contribution in [1.82, 2.24) is 0 Å². The quantitative estimate of drug-likeness (QED) is 0.302. The molecule has 0 rings (SSSR count). The Morgan fingerprint density at radius 2 is 2.17 bits per heavy atom. The molecule has 0 aliphatic heterocycles. The number of ether oxygens (including phenoxy) is 1. The molecule has 0 bridgehead atoms. The van der Waals surface area contributed by atoms with Crippen LogP contribution in [0.4, 0.5) is 0 Å². The summed E-state index contributed by atoms with van der Waals surface area (Å²) in [6.45, 7) is 7.86. The van der Waals surface area contributed by atoms with Gasteiger partial charge in [-0.25, -0.2) is 4.79 Å². The molecule has 0 aromatic carbocycles. The third-order valence-corrected chi connectivity index (χ3v) is 5.23. The molecule has 0 aromatic rings. The summed E-state index contributed by atoms with van der Waals surface area (Å²) in [6.07, 6.45) is 2.93. The lowest BCUT2D eigenvalue weighted by molar-refractivity contribution is -0.157. The standard InChI is InChI=1S/C12H24O5Si/c1-5-8-12(14)16-11(3)17-18(4,15-6-2)10-7-9-13/h5,8,11,13H,6-7,9-10H2,1-4H3. The highest BCUT2D eigenvalue weighted by Gasteiger charge is 2.33. The summed E-state index contributed by atoms with van der Waals surface area (Å²) in [5.74, 6) is -0.431. The first kappa shape index (κ1) is 17.3. The normalized spacial score (nSPS) is 16.5. The van der Waals surface area contributed by atoms with E-state index in [1.807, 2.05) is 13.5 Å². The highest BCUT2D eigenvalue weighted by atomic mass is 28.4. The molecule has 6 heteroatoms. The molecule has 0 aromatic heterocycles. The van der Waals surface area contributed by atoms with Crippen molar-refractivity contribution in [2.45, 2.75) is 46.1 Å². The predicted octanol–water partition coefficient (Wildman–Crippen LogP) is 1.96. The summed E-state index contributed by atoms with van der Waals surface area (Å²) in [5.41, 5.74) is 0. The number of aliphatic hydroxyl groups is 1. The van der Waals surface area contributed by atoms with Crippen LogP contribution in [0.15, 0.2) is 12.2 Å². The maximum Gasteiger partial charge on any atom is 0.337 e. The summed E-state index contributed by atoms with van der Waals surface area (Å²) in [6, 6.07) is 0.669. The largest absolute Gasteiger partial charge is 0.434 e. The van der Waals surface area contributed by atoms with Crippen LogP contribution in [0.3, 0.4) is 0 Å². The first-order valence-electron chi connectivity index (χ1n) is 6.23. The van der Waals surface area contributed by atoms with Gasteiger partial charge in [-0.1, -0.05) is 6.08 Å². The molecule has 5 nitrogen and oxygen atoms in total. The van der Waals surface area contributed by atoms with Gasteiger partial charge in [0.1, 0.15) is 0 Å². The van der Waals surface area contributed by atoms with Gasteiger partial charge in [0.2, 0.25) is 0 Å². The zero-order chi connectivity index (χ0) is 14.0. The second-order valence-electron chi connectivity index (χ2n) is 4.02. The Morgan fingerprint density at radius 1 is 1.50 bits per heavy atom. The lowest BCUT2D eigenvalue weighted by Crippen LogP contribution is -2.42. The van der Waals surface area contributed by atoms with Crippen LogP contribution in [0.25, 0.3) is 0 Å². The molecule has 0 amide bonds. The number of esters is 1. The Morgan fingerprint density at radius 3 is 2.67 bits per heavy atom. The Kier molecular flexibility index (Phi) is 8.91. The van der Waals surface area contributed by atoms with Crippen molar-refractivity contribution in [3.05, 3.63) is 12.2 Å². The van der Waals surface area contributed by atoms with Gasteiger partial charge < -0.3 is 18.7 Å². The predicted molar refractivity (Wildman–Crippen MR) is 71.2 cm³/mol. The van der Waals surface area contributed by atoms with Gasteiger partial charge in [0.15, 0.2) is 6.29 Å². The number of carbonyl (C=O) groups is 1. The van der Waals surface area contributed by atoms with Crippen molar-refractivity contribution in [2.24, 2.45) is 0 Å². The van der Waals surface area contributed by atoms with Crippen LogP contribution in [0, 0.1) is 0 Å². The van der Waals surface area contributed by atoms with Crippen molar-refractivity contribution in [2.75, 3.05) is 13.2 Å². The van der Waals surface area contributed by atoms with Crippen LogP contribution in [-0.2, 0) is 18.4 Å². The zero-order valence-corrected chi connectivity index (χ0v) is 12.6. The van der Waals surface area contributed by atoms with Crippen LogP contribution in [0.1, 0.15) is 27.2 Å². The molecule has 0 heterocycles. The molecular formula is C12H24O5Si. The van der Waals surface area contributed by atoms with Crippen molar-refractivity contribution in [3.63, 3.8) is 0 Å². The van der Waals surface area contributed by atoms with E-state index in [0.717, 1.165) is 0 Å². The lowest BCUT2D eigenvalue weighted by atomic mass is 10.5. The number of rotatable bonds is 9. The van der Waals surface area contributed by atoms with Crippen molar-refractivity contribution in [3.8, 4) is 0 Å². The molecule has 0 saturated carbocycles. The van der Waals surface area contributed by atoms with Gasteiger partial charge in [-0.15, -0.1) is 0 Å². The molecule has 0 aliphatic rings. The first-order valence-corrected chi connectivity index (χ1v) is 8.75. The summed E-state index contributed by atoms with van der Waals surface area (Å²) in [7, 11) is -2.38. The first-order chi connectivity index (χ1) is 8.47. The maximum atomic E-state index is 11.3. The SMILES string of the molecule is CC=CC(=O)OC(C)O[Si](C)(CCCO)OCC. The molecule has 0 saturated heterocycles. The Bertz CT molecular complexity index is 269. The lowest BCUT2D eigenvalue weighted by Gasteiger charge is -2.29. The van der Waals surface area contributed by atoms with Gasteiger partial charge in [0.25, 0.3) is 0 Å². The molecular weight excluding hydrogens is 252 g/mol. The maximum absolute atomic E-state index is 11.3. The molecule has 0 spiro atoms. The summed E-state index contributed by atoms with van der Waals surface area (Å²) < 4.78 is 16.4. The van der Waals surface area contributed by atoms with Gasteiger partial charge in [-0.2, -0.15) is 0 Å². The van der Waals surface area contributed by atoms with E-state index in [1.54, 1.807) is 19.9 Å². The van der Waals surface area contributed by atoms with Crippen LogP contribution < -0.4 is 0 Å². The summed E-state index contributed by atoms with van der Waals surface area (Å²) in [4.78, 5) is 11.3. The van der Waals surface area contributed by atoms with E-state index >= 15 is 0 Å². The van der Waals surface area contributed by atoms with E-state index in [0.29, 0.717) is 19.1 Å². The smallest absolute Gasteiger partial charge is 0.337 e. The molecule has 18 heavy (non-hydrogen) atoms. The van der Waals surface area contributed by atoms with Crippen molar-refractivity contribution < 1.29 is 23.5 Å². The highest BCUT2D eigenvalue weighted by molar-refractivity contribution is 6.66. The van der Waals surface area contributed by atoms with Crippen LogP contribution >= 0.6 is 0 Å². The van der Waals surface area contributed by atoms with Crippen LogP contribution in [0.2, 0.25) is 12.6 Å². The van der Waals surface area contributed by atoms with E-state index in [9.17, 15) is 4.79 Å². The summed E-state index contributed by atoms with van der Waals surface area (Å²) >= 11 is 0. The molecule has 0 radical (unpaired) electrons. The second kappa shape index (κ2) is 9.27. The average molecular weight is 276 g/mol. The van der Waals surface area contributed by atoms with Gasteiger partial charge in [0, 0.05) is 19.3 Å². The summed E-state index contributed by atoms with van der Waals surface area (Å²) in [5, 5.41) is 8.86. The minimum absolute atomic E-state index is 0.103. The third kappa shape index (κ3) is 7.60. The minimum atomic E-state index is -2.38. The Balaban J connectivity index is 4.33. The van der Waals surface area contributed by atoms with Crippen molar-refractivity contribution >= 4 is 14.5 Å². The highest BCUT2D eigenvalue weighted by Crippen LogP contribution is 2.18. The number of hydrogen-bond acceptors (Lipinski definition) is 5. The molecule has 0 fully saturated rings. The average Bonchev–Trinajstić information content (AvgIpc) is 2.26. The topological polar surface area (TPSA) is 65.0 Å². The van der Waals surface area contributed by atoms with E-state index in [4.69, 9.17) is 18.7 Å². The minimum Gasteiger partial charge on any atom is -0.434 e.